The molecule has 7 unspecified atom stereocenters. The van der Waals surface area contributed by atoms with Crippen LogP contribution in [0.5, 0.6) is 0 Å². The Bertz CT molecular complexity index is 1390. The molecule has 11 nitrogen and oxygen atoms in total. The number of aliphatic hydroxyl groups is 5. The topological polar surface area (TPSA) is 175 Å². The fourth-order valence-corrected chi connectivity index (χ4v) is 10.4. The molecule has 0 bridgehead atoms. The Morgan fingerprint density at radius 3 is 1.28 bits per heavy atom. The zero-order valence-corrected chi connectivity index (χ0v) is 50.6. The van der Waals surface area contributed by atoms with Crippen molar-refractivity contribution in [2.75, 3.05) is 19.8 Å². The summed E-state index contributed by atoms with van der Waals surface area (Å²) in [4.78, 5) is 25.0. The first-order chi connectivity index (χ1) is 38.2. The average Bonchev–Trinajstić information content (AvgIpc) is 3.44. The second kappa shape index (κ2) is 56.7. The number of esters is 1. The van der Waals surface area contributed by atoms with E-state index in [1.54, 1.807) is 6.08 Å². The van der Waals surface area contributed by atoms with Gasteiger partial charge >= 0.3 is 5.97 Å². The highest BCUT2D eigenvalue weighted by Crippen LogP contribution is 2.23. The van der Waals surface area contributed by atoms with Gasteiger partial charge in [0.25, 0.3) is 0 Å². The van der Waals surface area contributed by atoms with E-state index in [9.17, 15) is 35.1 Å². The maximum Gasteiger partial charge on any atom is 0.305 e. The van der Waals surface area contributed by atoms with Gasteiger partial charge in [0.15, 0.2) is 6.29 Å². The van der Waals surface area contributed by atoms with Crippen molar-refractivity contribution in [3.8, 4) is 0 Å². The first-order valence-electron chi connectivity index (χ1n) is 33.3. The molecular formula is C67H125NO10. The summed E-state index contributed by atoms with van der Waals surface area (Å²) in [6.07, 6.45) is 61.4. The number of hydrogen-bond donors (Lipinski definition) is 6. The molecule has 1 aliphatic heterocycles. The van der Waals surface area contributed by atoms with Crippen LogP contribution in [0.1, 0.15) is 316 Å². The number of hydrogen-bond acceptors (Lipinski definition) is 10. The van der Waals surface area contributed by atoms with Crippen LogP contribution in [0.25, 0.3) is 0 Å². The van der Waals surface area contributed by atoms with Gasteiger partial charge in [0.2, 0.25) is 5.91 Å². The number of amides is 1. The van der Waals surface area contributed by atoms with Crippen LogP contribution >= 0.6 is 0 Å². The minimum absolute atomic E-state index is 0.00722. The summed E-state index contributed by atoms with van der Waals surface area (Å²) in [5, 5.41) is 54.3. The molecule has 1 saturated heterocycles. The Morgan fingerprint density at radius 2 is 0.833 bits per heavy atom. The van der Waals surface area contributed by atoms with Crippen molar-refractivity contribution in [2.45, 2.75) is 358 Å². The number of ether oxygens (including phenoxy) is 3. The van der Waals surface area contributed by atoms with Gasteiger partial charge in [-0.05, 0) is 70.6 Å². The highest BCUT2D eigenvalue weighted by Gasteiger charge is 2.44. The van der Waals surface area contributed by atoms with Crippen LogP contribution in [-0.2, 0) is 23.8 Å². The maximum atomic E-state index is 13.0. The Labute approximate surface area is 479 Å². The molecule has 1 aliphatic rings. The predicted octanol–water partition coefficient (Wildman–Crippen LogP) is 16.2. The second-order valence-corrected chi connectivity index (χ2v) is 23.2. The predicted molar refractivity (Wildman–Crippen MR) is 324 cm³/mol. The molecule has 1 fully saturated rings. The highest BCUT2D eigenvalue weighted by atomic mass is 16.7. The van der Waals surface area contributed by atoms with Crippen LogP contribution in [-0.4, -0.2) is 100 Å². The van der Waals surface area contributed by atoms with Crippen molar-refractivity contribution >= 4 is 11.9 Å². The maximum absolute atomic E-state index is 13.0. The summed E-state index contributed by atoms with van der Waals surface area (Å²) < 4.78 is 16.7. The quantitative estimate of drug-likeness (QED) is 0.0195. The summed E-state index contributed by atoms with van der Waals surface area (Å²) in [6.45, 7) is 4.31. The minimum atomic E-state index is -1.58. The molecule has 1 amide bonds. The van der Waals surface area contributed by atoms with E-state index in [1.807, 2.05) is 6.08 Å². The van der Waals surface area contributed by atoms with Crippen molar-refractivity contribution in [1.82, 2.24) is 5.32 Å². The first kappa shape index (κ1) is 73.9. The molecule has 0 saturated carbocycles. The van der Waals surface area contributed by atoms with Gasteiger partial charge in [0.1, 0.15) is 24.4 Å². The van der Waals surface area contributed by atoms with Gasteiger partial charge in [-0.15, -0.1) is 0 Å². The van der Waals surface area contributed by atoms with Crippen molar-refractivity contribution in [1.29, 1.82) is 0 Å². The number of unbranched alkanes of at least 4 members (excludes halogenated alkanes) is 40. The molecule has 6 N–H and O–H groups in total. The van der Waals surface area contributed by atoms with Gasteiger partial charge in [-0.3, -0.25) is 9.59 Å². The lowest BCUT2D eigenvalue weighted by molar-refractivity contribution is -0.302. The second-order valence-electron chi connectivity index (χ2n) is 23.2. The van der Waals surface area contributed by atoms with E-state index in [2.05, 4.69) is 43.5 Å². The summed E-state index contributed by atoms with van der Waals surface area (Å²) in [6, 6.07) is -0.826. The standard InChI is InChI=1S/C67H125NO10/c1-3-5-7-9-11-13-34-39-43-47-51-55-63(72)76-56-52-48-44-40-36-33-31-29-27-25-23-21-19-17-15-16-18-20-22-24-26-28-30-32-35-38-42-46-50-54-62(71)68-59(58-77-67-66(75)65(74)64(73)61(57-69)78-67)60(70)53-49-45-41-37-14-12-10-8-6-4-2/h14-15,17,37,49,53,59-61,64-67,69-70,73-75H,3-13,16,18-36,38-48,50-52,54-58H2,1-2H3,(H,68,71)/b17-15-,37-14+,53-49+. The van der Waals surface area contributed by atoms with Crippen molar-refractivity contribution < 1.29 is 49.3 Å². The SMILES string of the molecule is CCCCCC/C=C/CC/C=C/C(O)C(COC1OC(CO)C(O)C(O)C1O)NC(=O)CCCCCCCCCCCCCCC/C=C\CCCCCCCCCCCCCCOC(=O)CCCCCCCCCCCCC. The van der Waals surface area contributed by atoms with E-state index in [0.717, 1.165) is 57.8 Å². The summed E-state index contributed by atoms with van der Waals surface area (Å²) in [7, 11) is 0. The zero-order valence-electron chi connectivity index (χ0n) is 50.6. The molecule has 0 aromatic heterocycles. The van der Waals surface area contributed by atoms with Crippen LogP contribution in [0.2, 0.25) is 0 Å². The fourth-order valence-electron chi connectivity index (χ4n) is 10.4. The zero-order chi connectivity index (χ0) is 56.6. The lowest BCUT2D eigenvalue weighted by Gasteiger charge is -2.40. The Kier molecular flexibility index (Phi) is 53.7. The van der Waals surface area contributed by atoms with Crippen molar-refractivity contribution in [3.63, 3.8) is 0 Å². The molecule has 7 atom stereocenters. The van der Waals surface area contributed by atoms with Crippen molar-refractivity contribution in [3.05, 3.63) is 36.5 Å². The average molecular weight is 1100 g/mol. The van der Waals surface area contributed by atoms with E-state index in [-0.39, 0.29) is 18.5 Å². The fraction of sp³-hybridized carbons (Fsp3) is 0.881. The van der Waals surface area contributed by atoms with E-state index in [4.69, 9.17) is 14.2 Å². The van der Waals surface area contributed by atoms with Crippen molar-refractivity contribution in [2.24, 2.45) is 0 Å². The molecule has 1 rings (SSSR count). The van der Waals surface area contributed by atoms with Gasteiger partial charge in [0.05, 0.1) is 32.0 Å². The Balaban J connectivity index is 1.96. The Morgan fingerprint density at radius 1 is 0.462 bits per heavy atom. The number of allylic oxidation sites excluding steroid dienone is 5. The minimum Gasteiger partial charge on any atom is -0.466 e. The van der Waals surface area contributed by atoms with Gasteiger partial charge in [-0.25, -0.2) is 0 Å². The van der Waals surface area contributed by atoms with Crippen LogP contribution in [0, 0.1) is 0 Å². The molecule has 0 aromatic rings. The van der Waals surface area contributed by atoms with Gasteiger partial charge in [0, 0.05) is 12.8 Å². The van der Waals surface area contributed by atoms with Crippen LogP contribution < -0.4 is 5.32 Å². The number of rotatable bonds is 58. The van der Waals surface area contributed by atoms with E-state index in [1.165, 1.54) is 231 Å². The molecule has 0 aliphatic carbocycles. The lowest BCUT2D eigenvalue weighted by atomic mass is 9.99. The van der Waals surface area contributed by atoms with Gasteiger partial charge < -0.3 is 45.1 Å². The smallest absolute Gasteiger partial charge is 0.305 e. The molecule has 1 heterocycles. The molecule has 0 aromatic carbocycles. The first-order valence-corrected chi connectivity index (χ1v) is 33.3. The summed E-state index contributed by atoms with van der Waals surface area (Å²) >= 11 is 0. The summed E-state index contributed by atoms with van der Waals surface area (Å²) in [5.74, 6) is -0.185. The largest absolute Gasteiger partial charge is 0.466 e. The normalized spacial score (nSPS) is 18.7. The number of carbonyl (C=O) groups is 2. The van der Waals surface area contributed by atoms with Gasteiger partial charge in [-0.1, -0.05) is 269 Å². The van der Waals surface area contributed by atoms with E-state index >= 15 is 0 Å². The third-order valence-electron chi connectivity index (χ3n) is 15.7. The molecule has 0 spiro atoms. The third-order valence-corrected chi connectivity index (χ3v) is 15.7. The molecule has 0 radical (unpaired) electrons. The number of carbonyl (C=O) groups excluding carboxylic acids is 2. The molecular weight excluding hydrogens is 979 g/mol. The van der Waals surface area contributed by atoms with E-state index in [0.29, 0.717) is 19.4 Å². The summed E-state index contributed by atoms with van der Waals surface area (Å²) in [5.41, 5.74) is 0. The van der Waals surface area contributed by atoms with Gasteiger partial charge in [-0.2, -0.15) is 0 Å². The number of aliphatic hydroxyl groups excluding tert-OH is 5. The van der Waals surface area contributed by atoms with Crippen LogP contribution in [0.3, 0.4) is 0 Å². The van der Waals surface area contributed by atoms with Crippen LogP contribution in [0.4, 0.5) is 0 Å². The number of nitrogens with one attached hydrogen (secondary N) is 1. The third kappa shape index (κ3) is 45.5. The molecule has 78 heavy (non-hydrogen) atoms. The van der Waals surface area contributed by atoms with E-state index < -0.39 is 49.5 Å². The molecule has 11 heteroatoms. The highest BCUT2D eigenvalue weighted by molar-refractivity contribution is 5.76. The lowest BCUT2D eigenvalue weighted by Crippen LogP contribution is -2.60. The monoisotopic (exact) mass is 1100 g/mol. The Hall–Kier alpha value is -2.12. The van der Waals surface area contributed by atoms with Crippen LogP contribution in [0.15, 0.2) is 36.5 Å². The molecule has 458 valence electrons.